The molecule has 2 rings (SSSR count). The van der Waals surface area contributed by atoms with Crippen molar-refractivity contribution >= 4 is 21.6 Å². The highest BCUT2D eigenvalue weighted by Crippen LogP contribution is 2.35. The fourth-order valence-corrected chi connectivity index (χ4v) is 3.45. The summed E-state index contributed by atoms with van der Waals surface area (Å²) >= 11 is 3.70. The molecule has 1 aromatic carbocycles. The molecule has 1 aromatic rings. The van der Waals surface area contributed by atoms with Crippen LogP contribution in [0.3, 0.4) is 0 Å². The van der Waals surface area contributed by atoms with E-state index in [4.69, 9.17) is 5.73 Å². The van der Waals surface area contributed by atoms with Gasteiger partial charge in [0.15, 0.2) is 0 Å². The lowest BCUT2D eigenvalue weighted by Gasteiger charge is -2.31. The predicted molar refractivity (Wildman–Crippen MR) is 82.0 cm³/mol. The minimum atomic E-state index is 0.0924. The van der Waals surface area contributed by atoms with Crippen molar-refractivity contribution in [3.8, 4) is 0 Å². The molecule has 2 atom stereocenters. The van der Waals surface area contributed by atoms with Crippen LogP contribution in [0, 0.1) is 5.92 Å². The Morgan fingerprint density at radius 2 is 2.06 bits per heavy atom. The number of hydrogen-bond acceptors (Lipinski definition) is 2. The molecule has 1 aliphatic rings. The Hall–Kier alpha value is -0.540. The van der Waals surface area contributed by atoms with Gasteiger partial charge in [0.2, 0.25) is 0 Å². The number of rotatable bonds is 3. The van der Waals surface area contributed by atoms with Gasteiger partial charge in [-0.25, -0.2) is 0 Å². The van der Waals surface area contributed by atoms with Gasteiger partial charge >= 0.3 is 0 Å². The Morgan fingerprint density at radius 3 is 2.61 bits per heavy atom. The van der Waals surface area contributed by atoms with E-state index < -0.39 is 0 Å². The zero-order valence-electron chi connectivity index (χ0n) is 11.5. The van der Waals surface area contributed by atoms with Crippen LogP contribution in [-0.4, -0.2) is 12.6 Å². The highest BCUT2D eigenvalue weighted by molar-refractivity contribution is 9.10. The van der Waals surface area contributed by atoms with Gasteiger partial charge in [-0.2, -0.15) is 0 Å². The van der Waals surface area contributed by atoms with Gasteiger partial charge in [0.25, 0.3) is 0 Å². The molecular weight excluding hydrogens is 288 g/mol. The van der Waals surface area contributed by atoms with Gasteiger partial charge in [0.1, 0.15) is 0 Å². The van der Waals surface area contributed by atoms with Crippen LogP contribution in [0.4, 0.5) is 5.69 Å². The Kier molecular flexibility index (Phi) is 4.33. The standard InChI is InChI=1S/C15H23BrN2/c1-10(2)14-5-4-8-18(14)15-7-6-12(11(3)17)9-13(15)16/h6-7,9-11,14H,4-5,8,17H2,1-3H3/t11-,14?/m0/s1. The van der Waals surface area contributed by atoms with Crippen LogP contribution in [0.5, 0.6) is 0 Å². The molecule has 1 heterocycles. The summed E-state index contributed by atoms with van der Waals surface area (Å²) in [6.07, 6.45) is 2.60. The first-order valence-corrected chi connectivity index (χ1v) is 7.61. The number of nitrogens with two attached hydrogens (primary N) is 1. The highest BCUT2D eigenvalue weighted by Gasteiger charge is 2.28. The number of anilines is 1. The second-order valence-corrected chi connectivity index (χ2v) is 6.50. The van der Waals surface area contributed by atoms with Gasteiger partial charge < -0.3 is 10.6 Å². The number of hydrogen-bond donors (Lipinski definition) is 1. The van der Waals surface area contributed by atoms with Crippen LogP contribution in [-0.2, 0) is 0 Å². The van der Waals surface area contributed by atoms with Crippen molar-refractivity contribution in [2.45, 2.75) is 45.7 Å². The van der Waals surface area contributed by atoms with Crippen molar-refractivity contribution in [2.75, 3.05) is 11.4 Å². The summed E-state index contributed by atoms with van der Waals surface area (Å²) in [7, 11) is 0. The maximum absolute atomic E-state index is 5.93. The lowest BCUT2D eigenvalue weighted by molar-refractivity contribution is 0.491. The molecule has 1 saturated heterocycles. The van der Waals surface area contributed by atoms with Gasteiger partial charge in [0, 0.05) is 23.1 Å². The van der Waals surface area contributed by atoms with E-state index in [1.807, 2.05) is 6.92 Å². The molecule has 100 valence electrons. The normalized spacial score (nSPS) is 21.7. The Balaban J connectivity index is 2.28. The van der Waals surface area contributed by atoms with E-state index in [-0.39, 0.29) is 6.04 Å². The average Bonchev–Trinajstić information content (AvgIpc) is 2.77. The topological polar surface area (TPSA) is 29.3 Å². The maximum atomic E-state index is 5.93. The summed E-state index contributed by atoms with van der Waals surface area (Å²) in [5.41, 5.74) is 8.43. The molecule has 18 heavy (non-hydrogen) atoms. The van der Waals surface area contributed by atoms with Crippen molar-refractivity contribution in [1.29, 1.82) is 0 Å². The summed E-state index contributed by atoms with van der Waals surface area (Å²) in [5.74, 6) is 0.701. The van der Waals surface area contributed by atoms with Gasteiger partial charge in [-0.3, -0.25) is 0 Å². The summed E-state index contributed by atoms with van der Waals surface area (Å²) in [4.78, 5) is 2.54. The average molecular weight is 311 g/mol. The van der Waals surface area contributed by atoms with E-state index in [1.165, 1.54) is 35.1 Å². The summed E-state index contributed by atoms with van der Waals surface area (Å²) in [6, 6.07) is 7.29. The molecule has 0 aromatic heterocycles. The van der Waals surface area contributed by atoms with Crippen LogP contribution in [0.1, 0.15) is 45.2 Å². The minimum Gasteiger partial charge on any atom is -0.367 e. The van der Waals surface area contributed by atoms with Crippen LogP contribution in [0.2, 0.25) is 0 Å². The summed E-state index contributed by atoms with van der Waals surface area (Å²) in [5, 5.41) is 0. The fourth-order valence-electron chi connectivity index (χ4n) is 2.82. The monoisotopic (exact) mass is 310 g/mol. The Labute approximate surface area is 119 Å². The Bertz CT molecular complexity index is 415. The molecule has 0 radical (unpaired) electrons. The molecule has 2 N–H and O–H groups in total. The molecule has 1 fully saturated rings. The second-order valence-electron chi connectivity index (χ2n) is 5.65. The molecule has 0 bridgehead atoms. The van der Waals surface area contributed by atoms with Crippen LogP contribution < -0.4 is 10.6 Å². The van der Waals surface area contributed by atoms with E-state index in [9.17, 15) is 0 Å². The molecule has 0 aliphatic carbocycles. The number of nitrogens with zero attached hydrogens (tertiary/aromatic N) is 1. The molecule has 2 nitrogen and oxygen atoms in total. The van der Waals surface area contributed by atoms with Crippen LogP contribution in [0.25, 0.3) is 0 Å². The molecule has 3 heteroatoms. The summed E-state index contributed by atoms with van der Waals surface area (Å²) in [6.45, 7) is 7.81. The van der Waals surface area contributed by atoms with E-state index >= 15 is 0 Å². The van der Waals surface area contributed by atoms with Crippen molar-refractivity contribution < 1.29 is 0 Å². The molecule has 0 saturated carbocycles. The molecular formula is C15H23BrN2. The second kappa shape index (κ2) is 5.62. The maximum Gasteiger partial charge on any atom is 0.0513 e. The Morgan fingerprint density at radius 1 is 1.33 bits per heavy atom. The van der Waals surface area contributed by atoms with E-state index in [1.54, 1.807) is 0 Å². The quantitative estimate of drug-likeness (QED) is 0.911. The number of halogens is 1. The first-order valence-electron chi connectivity index (χ1n) is 6.82. The zero-order valence-corrected chi connectivity index (χ0v) is 13.1. The highest BCUT2D eigenvalue weighted by atomic mass is 79.9. The third kappa shape index (κ3) is 2.72. The van der Waals surface area contributed by atoms with Gasteiger partial charge in [-0.05, 0) is 59.3 Å². The third-order valence-corrected chi connectivity index (χ3v) is 4.51. The molecule has 0 amide bonds. The molecule has 1 unspecified atom stereocenters. The van der Waals surface area contributed by atoms with Crippen molar-refractivity contribution in [3.63, 3.8) is 0 Å². The van der Waals surface area contributed by atoms with E-state index in [2.05, 4.69) is 52.9 Å². The largest absolute Gasteiger partial charge is 0.367 e. The fraction of sp³-hybridized carbons (Fsp3) is 0.600. The van der Waals surface area contributed by atoms with E-state index in [0.29, 0.717) is 12.0 Å². The first kappa shape index (κ1) is 13.9. The predicted octanol–water partition coefficient (Wildman–Crippen LogP) is 4.09. The van der Waals surface area contributed by atoms with E-state index in [0.717, 1.165) is 0 Å². The third-order valence-electron chi connectivity index (χ3n) is 3.88. The lowest BCUT2D eigenvalue weighted by Crippen LogP contribution is -2.33. The van der Waals surface area contributed by atoms with Crippen LogP contribution in [0.15, 0.2) is 22.7 Å². The first-order chi connectivity index (χ1) is 8.50. The van der Waals surface area contributed by atoms with Crippen LogP contribution >= 0.6 is 15.9 Å². The van der Waals surface area contributed by atoms with Crippen molar-refractivity contribution in [1.82, 2.24) is 0 Å². The van der Waals surface area contributed by atoms with Gasteiger partial charge in [-0.1, -0.05) is 19.9 Å². The van der Waals surface area contributed by atoms with Crippen molar-refractivity contribution in [3.05, 3.63) is 28.2 Å². The minimum absolute atomic E-state index is 0.0924. The zero-order chi connectivity index (χ0) is 13.3. The SMILES string of the molecule is CC(C)C1CCCN1c1ccc([C@H](C)N)cc1Br. The van der Waals surface area contributed by atoms with Gasteiger partial charge in [-0.15, -0.1) is 0 Å². The molecule has 1 aliphatic heterocycles. The number of benzene rings is 1. The summed E-state index contributed by atoms with van der Waals surface area (Å²) < 4.78 is 1.17. The van der Waals surface area contributed by atoms with Gasteiger partial charge in [0.05, 0.1) is 5.69 Å². The van der Waals surface area contributed by atoms with Crippen molar-refractivity contribution in [2.24, 2.45) is 11.7 Å². The lowest BCUT2D eigenvalue weighted by atomic mass is 10.0. The molecule has 0 spiro atoms. The smallest absolute Gasteiger partial charge is 0.0513 e.